The Bertz CT molecular complexity index is 307. The van der Waals surface area contributed by atoms with Gasteiger partial charge in [-0.3, -0.25) is 4.79 Å². The number of amides is 1. The van der Waals surface area contributed by atoms with Crippen LogP contribution >= 0.6 is 0 Å². The van der Waals surface area contributed by atoms with Crippen LogP contribution in [-0.4, -0.2) is 41.5 Å². The van der Waals surface area contributed by atoms with E-state index in [1.807, 2.05) is 13.8 Å². The zero-order valence-electron chi connectivity index (χ0n) is 10.4. The van der Waals surface area contributed by atoms with Crippen LogP contribution in [0.15, 0.2) is 24.4 Å². The standard InChI is InChI=1S/C12H20N2O3/c1-4-11(15)13-9-10(12(16)17)7-8-14(5-2)6-3/h4,9H,1,5-8H2,2-3H3,(H,13,15)(H,16,17). The van der Waals surface area contributed by atoms with Gasteiger partial charge in [-0.05, 0) is 25.6 Å². The number of carboxylic acid groups (broad SMARTS) is 1. The molecule has 0 spiro atoms. The second-order valence-electron chi connectivity index (χ2n) is 3.46. The average molecular weight is 240 g/mol. The molecular weight excluding hydrogens is 220 g/mol. The third-order valence-electron chi connectivity index (χ3n) is 2.44. The number of carbonyl (C=O) groups is 2. The van der Waals surface area contributed by atoms with Gasteiger partial charge in [0.25, 0.3) is 0 Å². The van der Waals surface area contributed by atoms with E-state index in [9.17, 15) is 9.59 Å². The van der Waals surface area contributed by atoms with E-state index in [-0.39, 0.29) is 5.57 Å². The minimum atomic E-state index is -1.01. The Hall–Kier alpha value is -1.62. The van der Waals surface area contributed by atoms with E-state index in [0.29, 0.717) is 13.0 Å². The quantitative estimate of drug-likeness (QED) is 0.621. The maximum absolute atomic E-state index is 10.9. The highest BCUT2D eigenvalue weighted by atomic mass is 16.4. The summed E-state index contributed by atoms with van der Waals surface area (Å²) in [4.78, 5) is 24.0. The summed E-state index contributed by atoms with van der Waals surface area (Å²) in [7, 11) is 0. The Balaban J connectivity index is 4.38. The van der Waals surface area contributed by atoms with Gasteiger partial charge >= 0.3 is 5.97 Å². The molecule has 0 aliphatic rings. The third kappa shape index (κ3) is 6.52. The largest absolute Gasteiger partial charge is 0.478 e. The van der Waals surface area contributed by atoms with Crippen LogP contribution in [0.2, 0.25) is 0 Å². The Morgan fingerprint density at radius 1 is 1.35 bits per heavy atom. The zero-order valence-corrected chi connectivity index (χ0v) is 10.4. The van der Waals surface area contributed by atoms with Gasteiger partial charge in [-0.1, -0.05) is 20.4 Å². The van der Waals surface area contributed by atoms with E-state index >= 15 is 0 Å². The molecule has 0 saturated heterocycles. The van der Waals surface area contributed by atoms with Crippen molar-refractivity contribution in [2.45, 2.75) is 20.3 Å². The van der Waals surface area contributed by atoms with Gasteiger partial charge in [-0.2, -0.15) is 0 Å². The average Bonchev–Trinajstić information content (AvgIpc) is 2.32. The van der Waals surface area contributed by atoms with Gasteiger partial charge in [-0.25, -0.2) is 4.79 Å². The van der Waals surface area contributed by atoms with Crippen molar-refractivity contribution in [2.75, 3.05) is 19.6 Å². The van der Waals surface area contributed by atoms with Crippen LogP contribution in [0.25, 0.3) is 0 Å². The Morgan fingerprint density at radius 3 is 2.35 bits per heavy atom. The van der Waals surface area contributed by atoms with Gasteiger partial charge in [0.2, 0.25) is 5.91 Å². The topological polar surface area (TPSA) is 69.6 Å². The molecule has 0 radical (unpaired) electrons. The summed E-state index contributed by atoms with van der Waals surface area (Å²) >= 11 is 0. The molecule has 0 rings (SSSR count). The molecule has 0 fully saturated rings. The first kappa shape index (κ1) is 15.4. The molecule has 0 aromatic rings. The summed E-state index contributed by atoms with van der Waals surface area (Å²) < 4.78 is 0. The summed E-state index contributed by atoms with van der Waals surface area (Å²) in [6, 6.07) is 0. The molecule has 0 unspecified atom stereocenters. The molecule has 2 N–H and O–H groups in total. The molecule has 0 aliphatic heterocycles. The Kier molecular flexibility index (Phi) is 7.71. The molecule has 0 saturated carbocycles. The van der Waals surface area contributed by atoms with Crippen LogP contribution in [0.1, 0.15) is 20.3 Å². The van der Waals surface area contributed by atoms with Crippen molar-refractivity contribution in [3.8, 4) is 0 Å². The van der Waals surface area contributed by atoms with Crippen molar-refractivity contribution in [1.82, 2.24) is 10.2 Å². The highest BCUT2D eigenvalue weighted by Gasteiger charge is 2.09. The second kappa shape index (κ2) is 8.52. The SMILES string of the molecule is C=CC(=O)NC=C(CCN(CC)CC)C(=O)O. The smallest absolute Gasteiger partial charge is 0.333 e. The number of hydrogen-bond acceptors (Lipinski definition) is 3. The van der Waals surface area contributed by atoms with E-state index in [0.717, 1.165) is 19.2 Å². The van der Waals surface area contributed by atoms with Crippen LogP contribution in [0.4, 0.5) is 0 Å². The molecule has 0 aliphatic carbocycles. The highest BCUT2D eigenvalue weighted by Crippen LogP contribution is 2.02. The molecule has 0 aromatic heterocycles. The van der Waals surface area contributed by atoms with Crippen molar-refractivity contribution in [2.24, 2.45) is 0 Å². The zero-order chi connectivity index (χ0) is 13.3. The van der Waals surface area contributed by atoms with E-state index in [1.165, 1.54) is 6.20 Å². The fraction of sp³-hybridized carbons (Fsp3) is 0.500. The summed E-state index contributed by atoms with van der Waals surface area (Å²) in [6.07, 6.45) is 2.73. The lowest BCUT2D eigenvalue weighted by Gasteiger charge is -2.17. The second-order valence-corrected chi connectivity index (χ2v) is 3.46. The van der Waals surface area contributed by atoms with Gasteiger partial charge in [-0.15, -0.1) is 0 Å². The number of aliphatic carboxylic acids is 1. The summed E-state index contributed by atoms with van der Waals surface area (Å²) in [6.45, 7) is 9.75. The summed E-state index contributed by atoms with van der Waals surface area (Å²) in [5.41, 5.74) is 0.187. The number of nitrogens with one attached hydrogen (secondary N) is 1. The van der Waals surface area contributed by atoms with Crippen LogP contribution in [0.5, 0.6) is 0 Å². The molecule has 0 heterocycles. The van der Waals surface area contributed by atoms with Gasteiger partial charge in [0, 0.05) is 12.7 Å². The van der Waals surface area contributed by atoms with Crippen LogP contribution in [0.3, 0.4) is 0 Å². The molecule has 1 amide bonds. The lowest BCUT2D eigenvalue weighted by atomic mass is 10.2. The van der Waals surface area contributed by atoms with Crippen molar-refractivity contribution in [1.29, 1.82) is 0 Å². The highest BCUT2D eigenvalue weighted by molar-refractivity contribution is 5.90. The summed E-state index contributed by atoms with van der Waals surface area (Å²) in [5.74, 6) is -1.42. The molecule has 17 heavy (non-hydrogen) atoms. The van der Waals surface area contributed by atoms with Crippen molar-refractivity contribution in [3.63, 3.8) is 0 Å². The maximum atomic E-state index is 10.9. The monoisotopic (exact) mass is 240 g/mol. The van der Waals surface area contributed by atoms with Gasteiger partial charge < -0.3 is 15.3 Å². The van der Waals surface area contributed by atoms with E-state index in [1.54, 1.807) is 0 Å². The lowest BCUT2D eigenvalue weighted by Crippen LogP contribution is -2.25. The fourth-order valence-electron chi connectivity index (χ4n) is 1.28. The summed E-state index contributed by atoms with van der Waals surface area (Å²) in [5, 5.41) is 11.3. The van der Waals surface area contributed by atoms with E-state index in [4.69, 9.17) is 5.11 Å². The minimum Gasteiger partial charge on any atom is -0.478 e. The molecular formula is C12H20N2O3. The third-order valence-corrected chi connectivity index (χ3v) is 2.44. The van der Waals surface area contributed by atoms with Crippen molar-refractivity contribution in [3.05, 3.63) is 24.4 Å². The predicted octanol–water partition coefficient (Wildman–Crippen LogP) is 0.989. The lowest BCUT2D eigenvalue weighted by molar-refractivity contribution is -0.132. The molecule has 96 valence electrons. The normalized spacial score (nSPS) is 11.4. The van der Waals surface area contributed by atoms with Gasteiger partial charge in [0.1, 0.15) is 0 Å². The number of carboxylic acids is 1. The molecule has 0 aromatic carbocycles. The number of hydrogen-bond donors (Lipinski definition) is 2. The molecule has 5 heteroatoms. The molecule has 0 bridgehead atoms. The minimum absolute atomic E-state index is 0.187. The Labute approximate surface area is 102 Å². The Morgan fingerprint density at radius 2 is 1.94 bits per heavy atom. The first-order valence-corrected chi connectivity index (χ1v) is 5.62. The number of nitrogens with zero attached hydrogens (tertiary/aromatic N) is 1. The first-order chi connectivity index (χ1) is 8.04. The number of rotatable bonds is 8. The van der Waals surface area contributed by atoms with Crippen molar-refractivity contribution < 1.29 is 14.7 Å². The van der Waals surface area contributed by atoms with Gasteiger partial charge in [0.15, 0.2) is 0 Å². The van der Waals surface area contributed by atoms with E-state index in [2.05, 4.69) is 16.8 Å². The molecule has 5 nitrogen and oxygen atoms in total. The predicted molar refractivity (Wildman–Crippen MR) is 66.5 cm³/mol. The van der Waals surface area contributed by atoms with Crippen LogP contribution in [0, 0.1) is 0 Å². The maximum Gasteiger partial charge on any atom is 0.333 e. The van der Waals surface area contributed by atoms with Crippen LogP contribution in [-0.2, 0) is 9.59 Å². The number of carbonyl (C=O) groups excluding carboxylic acids is 1. The van der Waals surface area contributed by atoms with E-state index < -0.39 is 11.9 Å². The van der Waals surface area contributed by atoms with Gasteiger partial charge in [0.05, 0.1) is 5.57 Å². The van der Waals surface area contributed by atoms with Crippen molar-refractivity contribution >= 4 is 11.9 Å². The fourth-order valence-corrected chi connectivity index (χ4v) is 1.28. The molecule has 0 atom stereocenters. The first-order valence-electron chi connectivity index (χ1n) is 5.62. The van der Waals surface area contributed by atoms with Crippen LogP contribution < -0.4 is 5.32 Å².